The third kappa shape index (κ3) is 6.65. The summed E-state index contributed by atoms with van der Waals surface area (Å²) in [5.41, 5.74) is 2.51. The van der Waals surface area contributed by atoms with Gasteiger partial charge in [-0.3, -0.25) is 9.36 Å². The van der Waals surface area contributed by atoms with Gasteiger partial charge in [0.2, 0.25) is 0 Å². The number of aromatic nitrogens is 1. The molecule has 4 aromatic rings. The highest BCUT2D eigenvalue weighted by Gasteiger charge is 2.36. The summed E-state index contributed by atoms with van der Waals surface area (Å²) in [6.07, 6.45) is 1.75. The van der Waals surface area contributed by atoms with Crippen LogP contribution >= 0.6 is 34.5 Å². The maximum Gasteiger partial charge on any atom is 0.338 e. The fourth-order valence-electron chi connectivity index (χ4n) is 5.13. The summed E-state index contributed by atoms with van der Waals surface area (Å²) in [5.74, 6) is 1.35. The Bertz CT molecular complexity index is 2000. The SMILES string of the molecule is CCOC(=O)C1=C(C)N=c2s/c(=C/c3ccc(OCc4ccc(Cl)c(Cl)c4)c(OC)c3)c(=O)n2[C@@H]1c1cccc(OC)c1OCC. The van der Waals surface area contributed by atoms with Gasteiger partial charge < -0.3 is 23.7 Å². The summed E-state index contributed by atoms with van der Waals surface area (Å²) in [4.78, 5) is 32.6. The van der Waals surface area contributed by atoms with E-state index in [0.29, 0.717) is 65.8 Å². The number of hydrogen-bond acceptors (Lipinski definition) is 9. The molecule has 0 fully saturated rings. The van der Waals surface area contributed by atoms with Crippen molar-refractivity contribution in [1.82, 2.24) is 4.57 Å². The molecule has 0 saturated heterocycles. The average molecular weight is 684 g/mol. The van der Waals surface area contributed by atoms with E-state index in [0.717, 1.165) is 5.56 Å². The van der Waals surface area contributed by atoms with E-state index >= 15 is 0 Å². The second-order valence-electron chi connectivity index (χ2n) is 10.1. The number of allylic oxidation sites excluding steroid dienone is 1. The van der Waals surface area contributed by atoms with E-state index < -0.39 is 12.0 Å². The van der Waals surface area contributed by atoms with Crippen LogP contribution in [-0.4, -0.2) is 38.0 Å². The van der Waals surface area contributed by atoms with Gasteiger partial charge in [0, 0.05) is 5.56 Å². The van der Waals surface area contributed by atoms with E-state index in [1.54, 1.807) is 70.5 Å². The van der Waals surface area contributed by atoms with E-state index in [9.17, 15) is 9.59 Å². The lowest BCUT2D eigenvalue weighted by Gasteiger charge is -2.26. The summed E-state index contributed by atoms with van der Waals surface area (Å²) in [5, 5.41) is 0.910. The predicted octanol–water partition coefficient (Wildman–Crippen LogP) is 6.10. The zero-order valence-corrected chi connectivity index (χ0v) is 28.2. The number of methoxy groups -OCH3 is 2. The van der Waals surface area contributed by atoms with Crippen molar-refractivity contribution >= 4 is 46.6 Å². The van der Waals surface area contributed by atoms with Crippen LogP contribution in [-0.2, 0) is 16.1 Å². The molecule has 1 aliphatic rings. The molecule has 0 aliphatic carbocycles. The van der Waals surface area contributed by atoms with Crippen molar-refractivity contribution in [3.05, 3.63) is 112 Å². The summed E-state index contributed by atoms with van der Waals surface area (Å²) in [7, 11) is 3.08. The van der Waals surface area contributed by atoms with E-state index in [2.05, 4.69) is 4.99 Å². The van der Waals surface area contributed by atoms with Crippen molar-refractivity contribution in [2.75, 3.05) is 27.4 Å². The van der Waals surface area contributed by atoms with Gasteiger partial charge in [0.05, 0.1) is 53.3 Å². The lowest BCUT2D eigenvalue weighted by Crippen LogP contribution is -2.40. The van der Waals surface area contributed by atoms with Crippen LogP contribution in [0.5, 0.6) is 23.0 Å². The topological polar surface area (TPSA) is 97.6 Å². The Hall–Kier alpha value is -4.25. The normalized spacial score (nSPS) is 14.4. The van der Waals surface area contributed by atoms with Crippen LogP contribution < -0.4 is 33.8 Å². The number of para-hydroxylation sites is 1. The number of ether oxygens (including phenoxy) is 5. The molecule has 0 bridgehead atoms. The minimum atomic E-state index is -0.860. The van der Waals surface area contributed by atoms with Crippen LogP contribution in [0.3, 0.4) is 0 Å². The summed E-state index contributed by atoms with van der Waals surface area (Å²) in [6, 6.07) is 15.2. The van der Waals surface area contributed by atoms with E-state index in [4.69, 9.17) is 46.9 Å². The van der Waals surface area contributed by atoms with Crippen molar-refractivity contribution in [1.29, 1.82) is 0 Å². The molecule has 0 spiro atoms. The highest BCUT2D eigenvalue weighted by atomic mass is 35.5. The number of carbonyl (C=O) groups is 1. The van der Waals surface area contributed by atoms with E-state index in [1.165, 1.54) is 15.9 Å². The molecule has 1 aromatic heterocycles. The Labute approximate surface area is 279 Å². The summed E-state index contributed by atoms with van der Waals surface area (Å²) in [6.45, 7) is 6.08. The van der Waals surface area contributed by atoms with Gasteiger partial charge in [-0.05, 0) is 68.3 Å². The Morgan fingerprint density at radius 1 is 0.957 bits per heavy atom. The Balaban J connectivity index is 1.58. The lowest BCUT2D eigenvalue weighted by molar-refractivity contribution is -0.139. The van der Waals surface area contributed by atoms with Gasteiger partial charge in [-0.15, -0.1) is 0 Å². The number of thiazole rings is 1. The summed E-state index contributed by atoms with van der Waals surface area (Å²) >= 11 is 13.4. The Kier molecular flexibility index (Phi) is 10.4. The third-order valence-corrected chi connectivity index (χ3v) is 8.92. The van der Waals surface area contributed by atoms with Gasteiger partial charge in [0.1, 0.15) is 12.6 Å². The van der Waals surface area contributed by atoms with E-state index in [-0.39, 0.29) is 24.3 Å². The quantitative estimate of drug-likeness (QED) is 0.176. The largest absolute Gasteiger partial charge is 0.493 e. The molecule has 5 rings (SSSR count). The first-order chi connectivity index (χ1) is 22.2. The van der Waals surface area contributed by atoms with Crippen LogP contribution in [0, 0.1) is 0 Å². The molecule has 240 valence electrons. The maximum atomic E-state index is 14.1. The molecule has 0 amide bonds. The number of fused-ring (bicyclic) bond motifs is 1. The lowest BCUT2D eigenvalue weighted by atomic mass is 9.94. The molecule has 2 heterocycles. The third-order valence-electron chi connectivity index (χ3n) is 7.19. The molecular weight excluding hydrogens is 651 g/mol. The molecule has 0 saturated carbocycles. The first kappa shape index (κ1) is 33.1. The number of esters is 1. The van der Waals surface area contributed by atoms with Gasteiger partial charge >= 0.3 is 5.97 Å². The number of halogens is 2. The van der Waals surface area contributed by atoms with Crippen LogP contribution in [0.4, 0.5) is 0 Å². The summed E-state index contributed by atoms with van der Waals surface area (Å²) < 4.78 is 30.5. The van der Waals surface area contributed by atoms with Crippen LogP contribution in [0.2, 0.25) is 10.0 Å². The Morgan fingerprint density at radius 2 is 1.74 bits per heavy atom. The van der Waals surface area contributed by atoms with Crippen LogP contribution in [0.25, 0.3) is 6.08 Å². The molecule has 9 nitrogen and oxygen atoms in total. The van der Waals surface area contributed by atoms with E-state index in [1.807, 2.05) is 25.1 Å². The number of benzene rings is 3. The first-order valence-corrected chi connectivity index (χ1v) is 16.0. The zero-order chi connectivity index (χ0) is 33.0. The van der Waals surface area contributed by atoms with Crippen molar-refractivity contribution in [3.8, 4) is 23.0 Å². The smallest absolute Gasteiger partial charge is 0.338 e. The van der Waals surface area contributed by atoms with Gasteiger partial charge in [-0.1, -0.05) is 58.8 Å². The highest BCUT2D eigenvalue weighted by molar-refractivity contribution is 7.07. The molecule has 3 aromatic carbocycles. The van der Waals surface area contributed by atoms with Crippen molar-refractivity contribution in [3.63, 3.8) is 0 Å². The standard InChI is InChI=1S/C34H32Cl2N2O7S/c1-6-43-31-22(9-8-10-26(31)41-4)30-29(33(40)44-7-2)19(3)37-34-38(30)32(39)28(46-34)17-20-12-14-25(27(16-20)42-5)45-18-21-11-13-23(35)24(36)15-21/h8-17,30H,6-7,18H2,1-5H3/b28-17+/t30-/m1/s1. The molecule has 46 heavy (non-hydrogen) atoms. The number of rotatable bonds is 11. The second kappa shape index (κ2) is 14.5. The van der Waals surface area contributed by atoms with Gasteiger partial charge in [0.15, 0.2) is 27.8 Å². The zero-order valence-electron chi connectivity index (χ0n) is 25.9. The number of hydrogen-bond donors (Lipinski definition) is 0. The molecule has 1 atom stereocenters. The van der Waals surface area contributed by atoms with Gasteiger partial charge in [-0.2, -0.15) is 0 Å². The highest BCUT2D eigenvalue weighted by Crippen LogP contribution is 2.41. The fraction of sp³-hybridized carbons (Fsp3) is 0.265. The molecule has 1 aliphatic heterocycles. The molecule has 12 heteroatoms. The number of carbonyl (C=O) groups excluding carboxylic acids is 1. The maximum absolute atomic E-state index is 14.1. The molecular formula is C34H32Cl2N2O7S. The van der Waals surface area contributed by atoms with Crippen molar-refractivity contribution < 1.29 is 28.5 Å². The minimum absolute atomic E-state index is 0.165. The van der Waals surface area contributed by atoms with Gasteiger partial charge in [-0.25, -0.2) is 9.79 Å². The minimum Gasteiger partial charge on any atom is -0.493 e. The van der Waals surface area contributed by atoms with Crippen molar-refractivity contribution in [2.24, 2.45) is 4.99 Å². The monoisotopic (exact) mass is 682 g/mol. The fourth-order valence-corrected chi connectivity index (χ4v) is 6.50. The van der Waals surface area contributed by atoms with Gasteiger partial charge in [0.25, 0.3) is 5.56 Å². The molecule has 0 unspecified atom stereocenters. The molecule has 0 radical (unpaired) electrons. The van der Waals surface area contributed by atoms with Crippen LogP contribution in [0.15, 0.2) is 75.7 Å². The first-order valence-electron chi connectivity index (χ1n) is 14.4. The predicted molar refractivity (Wildman–Crippen MR) is 178 cm³/mol. The molecule has 0 N–H and O–H groups in total. The van der Waals surface area contributed by atoms with Crippen molar-refractivity contribution in [2.45, 2.75) is 33.4 Å². The Morgan fingerprint density at radius 3 is 2.43 bits per heavy atom. The average Bonchev–Trinajstić information content (AvgIpc) is 3.35. The second-order valence-corrected chi connectivity index (χ2v) is 11.9. The van der Waals surface area contributed by atoms with Crippen LogP contribution in [0.1, 0.15) is 43.5 Å². The number of nitrogens with zero attached hydrogens (tertiary/aromatic N) is 2.